The van der Waals surface area contributed by atoms with Crippen molar-refractivity contribution in [3.8, 4) is 0 Å². The molecule has 0 radical (unpaired) electrons. The minimum Gasteiger partial charge on any atom is -0.481 e. The minimum atomic E-state index is -0.789. The van der Waals surface area contributed by atoms with Crippen molar-refractivity contribution in [1.29, 1.82) is 0 Å². The lowest BCUT2D eigenvalue weighted by atomic mass is 9.86. The number of nitro benzene ring substituents is 1. The number of para-hydroxylation sites is 1. The molecular weight excluding hydrogens is 314 g/mol. The van der Waals surface area contributed by atoms with Crippen molar-refractivity contribution >= 4 is 28.5 Å². The van der Waals surface area contributed by atoms with E-state index in [1.54, 1.807) is 18.2 Å². The molecule has 0 atom stereocenters. The molecule has 0 bridgehead atoms. The van der Waals surface area contributed by atoms with Gasteiger partial charge in [0.05, 0.1) is 10.8 Å². The Morgan fingerprint density at radius 3 is 2.58 bits per heavy atom. The zero-order valence-corrected chi connectivity index (χ0v) is 12.8. The Bertz CT molecular complexity index is 805. The summed E-state index contributed by atoms with van der Waals surface area (Å²) in [5.41, 5.74) is 0.510. The van der Waals surface area contributed by atoms with Crippen LogP contribution < -0.4 is 5.32 Å². The van der Waals surface area contributed by atoms with Crippen LogP contribution >= 0.6 is 0 Å². The summed E-state index contributed by atoms with van der Waals surface area (Å²) in [6, 6.07) is 6.17. The topological polar surface area (TPSA) is 125 Å². The number of amides is 1. The Kier molecular flexibility index (Phi) is 4.20. The minimum absolute atomic E-state index is 0.0745. The molecule has 0 saturated heterocycles. The molecule has 8 nitrogen and oxygen atoms in total. The van der Waals surface area contributed by atoms with E-state index in [-0.39, 0.29) is 29.2 Å². The Hall–Kier alpha value is -2.90. The van der Waals surface area contributed by atoms with Crippen molar-refractivity contribution in [2.24, 2.45) is 5.92 Å². The van der Waals surface area contributed by atoms with Gasteiger partial charge in [0.25, 0.3) is 11.6 Å². The Balaban J connectivity index is 1.72. The molecule has 1 fully saturated rings. The van der Waals surface area contributed by atoms with E-state index in [4.69, 9.17) is 5.11 Å². The Morgan fingerprint density at radius 1 is 1.25 bits per heavy atom. The summed E-state index contributed by atoms with van der Waals surface area (Å²) < 4.78 is 0. The van der Waals surface area contributed by atoms with Crippen molar-refractivity contribution in [3.63, 3.8) is 0 Å². The number of aromatic nitrogens is 1. The van der Waals surface area contributed by atoms with Gasteiger partial charge in [0.2, 0.25) is 0 Å². The standard InChI is InChI=1S/C16H17N3O5/c20-15(17-11-6-4-9(5-7-11)16(21)22)12-8-10-2-1-3-13(19(23)24)14(10)18-12/h1-3,8-9,11,18H,4-7H2,(H,17,20)(H,21,22). The first kappa shape index (κ1) is 16.0. The van der Waals surface area contributed by atoms with Crippen LogP contribution in [0, 0.1) is 16.0 Å². The highest BCUT2D eigenvalue weighted by atomic mass is 16.6. The van der Waals surface area contributed by atoms with E-state index >= 15 is 0 Å². The second-order valence-electron chi connectivity index (χ2n) is 6.04. The third kappa shape index (κ3) is 3.08. The largest absolute Gasteiger partial charge is 0.481 e. The highest BCUT2D eigenvalue weighted by Crippen LogP contribution is 2.27. The fourth-order valence-electron chi connectivity index (χ4n) is 3.16. The van der Waals surface area contributed by atoms with Crippen LogP contribution in [0.2, 0.25) is 0 Å². The van der Waals surface area contributed by atoms with Gasteiger partial charge in [0.1, 0.15) is 11.2 Å². The van der Waals surface area contributed by atoms with Crippen LogP contribution in [0.4, 0.5) is 5.69 Å². The molecule has 0 aliphatic heterocycles. The van der Waals surface area contributed by atoms with E-state index in [1.807, 2.05) is 0 Å². The van der Waals surface area contributed by atoms with Gasteiger partial charge in [0, 0.05) is 17.5 Å². The van der Waals surface area contributed by atoms with Crippen molar-refractivity contribution in [3.05, 3.63) is 40.1 Å². The van der Waals surface area contributed by atoms with Gasteiger partial charge in [-0.15, -0.1) is 0 Å². The molecule has 3 rings (SSSR count). The lowest BCUT2D eigenvalue weighted by Gasteiger charge is -2.26. The fourth-order valence-corrected chi connectivity index (χ4v) is 3.16. The fraction of sp³-hybridized carbons (Fsp3) is 0.375. The zero-order valence-electron chi connectivity index (χ0n) is 12.8. The van der Waals surface area contributed by atoms with Gasteiger partial charge in [-0.25, -0.2) is 0 Å². The number of carbonyl (C=O) groups excluding carboxylic acids is 1. The summed E-state index contributed by atoms with van der Waals surface area (Å²) in [5, 5.41) is 23.5. The number of H-pyrrole nitrogens is 1. The summed E-state index contributed by atoms with van der Waals surface area (Å²) >= 11 is 0. The van der Waals surface area contributed by atoms with E-state index in [0.29, 0.717) is 36.6 Å². The molecule has 1 aliphatic carbocycles. The maximum Gasteiger partial charge on any atom is 0.306 e. The number of hydrogen-bond donors (Lipinski definition) is 3. The quantitative estimate of drug-likeness (QED) is 0.586. The SMILES string of the molecule is O=C(NC1CCC(C(=O)O)CC1)c1cc2cccc([N+](=O)[O-])c2[nH]1. The predicted octanol–water partition coefficient (Wildman–Crippen LogP) is 2.45. The van der Waals surface area contributed by atoms with Crippen LogP contribution in [0.3, 0.4) is 0 Å². The monoisotopic (exact) mass is 331 g/mol. The van der Waals surface area contributed by atoms with E-state index in [0.717, 1.165) is 0 Å². The smallest absolute Gasteiger partial charge is 0.306 e. The summed E-state index contributed by atoms with van der Waals surface area (Å²) in [4.78, 5) is 36.6. The second-order valence-corrected chi connectivity index (χ2v) is 6.04. The van der Waals surface area contributed by atoms with E-state index in [2.05, 4.69) is 10.3 Å². The molecular formula is C16H17N3O5. The van der Waals surface area contributed by atoms with Gasteiger partial charge in [-0.3, -0.25) is 19.7 Å². The average molecular weight is 331 g/mol. The van der Waals surface area contributed by atoms with Crippen LogP contribution in [-0.2, 0) is 4.79 Å². The molecule has 8 heteroatoms. The first-order valence-corrected chi connectivity index (χ1v) is 7.75. The van der Waals surface area contributed by atoms with Crippen molar-refractivity contribution in [2.45, 2.75) is 31.7 Å². The van der Waals surface area contributed by atoms with Gasteiger partial charge in [0.15, 0.2) is 0 Å². The third-order valence-corrected chi connectivity index (χ3v) is 4.49. The third-order valence-electron chi connectivity index (χ3n) is 4.49. The predicted molar refractivity (Wildman–Crippen MR) is 85.8 cm³/mol. The number of aliphatic carboxylic acids is 1. The maximum atomic E-state index is 12.4. The summed E-state index contributed by atoms with van der Waals surface area (Å²) in [5.74, 6) is -1.46. The number of hydrogen-bond acceptors (Lipinski definition) is 4. The molecule has 3 N–H and O–H groups in total. The zero-order chi connectivity index (χ0) is 17.3. The first-order chi connectivity index (χ1) is 11.5. The number of nitrogens with one attached hydrogen (secondary N) is 2. The molecule has 1 amide bonds. The molecule has 1 aromatic carbocycles. The van der Waals surface area contributed by atoms with Crippen molar-refractivity contribution in [1.82, 2.24) is 10.3 Å². The number of nitro groups is 1. The van der Waals surface area contributed by atoms with E-state index in [1.165, 1.54) is 6.07 Å². The molecule has 1 saturated carbocycles. The molecule has 24 heavy (non-hydrogen) atoms. The normalized spacial score (nSPS) is 20.7. The molecule has 1 heterocycles. The second kappa shape index (κ2) is 6.31. The number of rotatable bonds is 4. The van der Waals surface area contributed by atoms with E-state index < -0.39 is 10.9 Å². The average Bonchev–Trinajstić information content (AvgIpc) is 2.99. The number of carboxylic acid groups (broad SMARTS) is 1. The number of aromatic amines is 1. The van der Waals surface area contributed by atoms with Crippen molar-refractivity contribution in [2.75, 3.05) is 0 Å². The van der Waals surface area contributed by atoms with Crippen LogP contribution in [0.15, 0.2) is 24.3 Å². The number of fused-ring (bicyclic) bond motifs is 1. The highest BCUT2D eigenvalue weighted by molar-refractivity contribution is 6.00. The lowest BCUT2D eigenvalue weighted by molar-refractivity contribution is -0.383. The van der Waals surface area contributed by atoms with Gasteiger partial charge in [-0.1, -0.05) is 12.1 Å². The van der Waals surface area contributed by atoms with Gasteiger partial charge in [-0.2, -0.15) is 0 Å². The van der Waals surface area contributed by atoms with Crippen LogP contribution in [0.25, 0.3) is 10.9 Å². The molecule has 1 aromatic heterocycles. The summed E-state index contributed by atoms with van der Waals surface area (Å²) in [6.07, 6.45) is 2.31. The Labute approximate surface area is 137 Å². The number of non-ortho nitro benzene ring substituents is 1. The number of benzene rings is 1. The van der Waals surface area contributed by atoms with E-state index in [9.17, 15) is 19.7 Å². The van der Waals surface area contributed by atoms with Gasteiger partial charge >= 0.3 is 5.97 Å². The highest BCUT2D eigenvalue weighted by Gasteiger charge is 2.27. The molecule has 126 valence electrons. The van der Waals surface area contributed by atoms with Crippen LogP contribution in [0.5, 0.6) is 0 Å². The maximum absolute atomic E-state index is 12.4. The number of nitrogens with zero attached hydrogens (tertiary/aromatic N) is 1. The molecule has 1 aliphatic rings. The van der Waals surface area contributed by atoms with Crippen LogP contribution in [0.1, 0.15) is 36.2 Å². The van der Waals surface area contributed by atoms with Crippen molar-refractivity contribution < 1.29 is 19.6 Å². The van der Waals surface area contributed by atoms with Gasteiger partial charge < -0.3 is 15.4 Å². The summed E-state index contributed by atoms with van der Waals surface area (Å²) in [7, 11) is 0. The molecule has 0 unspecified atom stereocenters. The number of carboxylic acids is 1. The number of carbonyl (C=O) groups is 2. The summed E-state index contributed by atoms with van der Waals surface area (Å²) in [6.45, 7) is 0. The first-order valence-electron chi connectivity index (χ1n) is 7.75. The van der Waals surface area contributed by atoms with Gasteiger partial charge in [-0.05, 0) is 31.7 Å². The molecule has 0 spiro atoms. The Morgan fingerprint density at radius 2 is 1.96 bits per heavy atom. The molecule has 2 aromatic rings. The lowest BCUT2D eigenvalue weighted by Crippen LogP contribution is -2.38. The van der Waals surface area contributed by atoms with Crippen LogP contribution in [-0.4, -0.2) is 32.9 Å².